The van der Waals surface area contributed by atoms with Gasteiger partial charge in [-0.25, -0.2) is 4.99 Å². The second-order valence-electron chi connectivity index (χ2n) is 7.15. The molecule has 1 saturated carbocycles. The van der Waals surface area contributed by atoms with Crippen LogP contribution in [0.25, 0.3) is 0 Å². The van der Waals surface area contributed by atoms with Gasteiger partial charge in [-0.3, -0.25) is 0 Å². The third-order valence-corrected chi connectivity index (χ3v) is 5.55. The van der Waals surface area contributed by atoms with Crippen LogP contribution in [0.4, 0.5) is 11.4 Å². The van der Waals surface area contributed by atoms with Crippen LogP contribution in [-0.4, -0.2) is 16.5 Å². The fourth-order valence-electron chi connectivity index (χ4n) is 4.01. The van der Waals surface area contributed by atoms with Gasteiger partial charge in [0.05, 0.1) is 0 Å². The molecule has 0 unspecified atom stereocenters. The molecule has 1 aliphatic heterocycles. The second-order valence-corrected chi connectivity index (χ2v) is 7.51. The average Bonchev–Trinajstić information content (AvgIpc) is 3.16. The monoisotopic (exact) mass is 349 g/mol. The van der Waals surface area contributed by atoms with E-state index < -0.39 is 0 Å². The predicted molar refractivity (Wildman–Crippen MR) is 110 cm³/mol. The Balaban J connectivity index is 1.71. The summed E-state index contributed by atoms with van der Waals surface area (Å²) in [7, 11) is 0. The Labute approximate surface area is 154 Å². The van der Waals surface area contributed by atoms with Gasteiger partial charge >= 0.3 is 0 Å². The minimum atomic E-state index is -0.129. The molecule has 0 aromatic heterocycles. The predicted octanol–water partition coefficient (Wildman–Crippen LogP) is 5.23. The van der Waals surface area contributed by atoms with Gasteiger partial charge in [0.1, 0.15) is 11.4 Å². The molecular weight excluding hydrogens is 326 g/mol. The highest BCUT2D eigenvalue weighted by Crippen LogP contribution is 2.43. The molecule has 25 heavy (non-hydrogen) atoms. The van der Waals surface area contributed by atoms with Gasteiger partial charge in [0.2, 0.25) is 5.11 Å². The second kappa shape index (κ2) is 6.26. The van der Waals surface area contributed by atoms with Crippen LogP contribution in [0.1, 0.15) is 36.8 Å². The Kier molecular flexibility index (Phi) is 4.08. The van der Waals surface area contributed by atoms with E-state index in [1.54, 1.807) is 0 Å². The lowest BCUT2D eigenvalue weighted by atomic mass is 9.93. The Morgan fingerprint density at radius 1 is 1.00 bits per heavy atom. The van der Waals surface area contributed by atoms with Gasteiger partial charge in [0.25, 0.3) is 0 Å². The molecular formula is C21H23N3S. The fourth-order valence-corrected chi connectivity index (χ4v) is 4.39. The van der Waals surface area contributed by atoms with E-state index in [1.807, 2.05) is 0 Å². The normalized spacial score (nSPS) is 18.7. The molecule has 3 nitrogen and oxygen atoms in total. The van der Waals surface area contributed by atoms with Crippen molar-refractivity contribution in [3.05, 3.63) is 59.7 Å². The maximum absolute atomic E-state index is 5.68. The maximum Gasteiger partial charge on any atom is 0.202 e. The van der Waals surface area contributed by atoms with E-state index in [2.05, 4.69) is 72.6 Å². The molecule has 1 fully saturated rings. The molecule has 1 heterocycles. The van der Waals surface area contributed by atoms with E-state index in [4.69, 9.17) is 17.2 Å². The molecule has 2 aromatic rings. The van der Waals surface area contributed by atoms with Crippen molar-refractivity contribution in [3.63, 3.8) is 0 Å². The lowest BCUT2D eigenvalue weighted by molar-refractivity contribution is 0.595. The standard InChI is InChI=1S/C21H23N3S/c1-15-8-10-18(11-9-15)24-20(25)23-19(21(24)12-3-4-13-21)22-17-7-5-6-16(2)14-17/h5-11,14H,3-4,12-13H2,1-2H3,(H,22,23,25). The van der Waals surface area contributed by atoms with Gasteiger partial charge in [0.15, 0.2) is 0 Å². The van der Waals surface area contributed by atoms with Crippen LogP contribution in [0.5, 0.6) is 0 Å². The summed E-state index contributed by atoms with van der Waals surface area (Å²) in [5.41, 5.74) is 4.59. The minimum absolute atomic E-state index is 0.129. The molecule has 0 radical (unpaired) electrons. The molecule has 4 rings (SSSR count). The molecule has 0 atom stereocenters. The smallest absolute Gasteiger partial charge is 0.202 e. The number of hydrogen-bond acceptors (Lipinski definition) is 2. The molecule has 1 spiro atoms. The van der Waals surface area contributed by atoms with Crippen LogP contribution < -0.4 is 10.2 Å². The molecule has 0 amide bonds. The van der Waals surface area contributed by atoms with Crippen LogP contribution in [-0.2, 0) is 0 Å². The number of amidine groups is 1. The van der Waals surface area contributed by atoms with E-state index >= 15 is 0 Å². The topological polar surface area (TPSA) is 27.6 Å². The van der Waals surface area contributed by atoms with E-state index in [1.165, 1.54) is 24.0 Å². The quantitative estimate of drug-likeness (QED) is 0.752. The number of nitrogens with one attached hydrogen (secondary N) is 1. The average molecular weight is 350 g/mol. The molecule has 2 aromatic carbocycles. The highest BCUT2D eigenvalue weighted by molar-refractivity contribution is 7.80. The number of aliphatic imine (C=N–C) groups is 1. The van der Waals surface area contributed by atoms with E-state index in [0.717, 1.165) is 30.1 Å². The summed E-state index contributed by atoms with van der Waals surface area (Å²) in [5, 5.41) is 4.24. The molecule has 1 N–H and O–H groups in total. The number of thiocarbonyl (C=S) groups is 1. The highest BCUT2D eigenvalue weighted by atomic mass is 32.1. The van der Waals surface area contributed by atoms with Crippen molar-refractivity contribution in [2.24, 2.45) is 4.99 Å². The zero-order valence-corrected chi connectivity index (χ0v) is 15.6. The number of aryl methyl sites for hydroxylation is 2. The molecule has 4 heteroatoms. The van der Waals surface area contributed by atoms with Gasteiger partial charge in [0, 0.05) is 11.4 Å². The third-order valence-electron chi connectivity index (χ3n) is 5.27. The van der Waals surface area contributed by atoms with Crippen LogP contribution in [0, 0.1) is 13.8 Å². The largest absolute Gasteiger partial charge is 0.342 e. The molecule has 0 saturated heterocycles. The van der Waals surface area contributed by atoms with Crippen molar-refractivity contribution >= 4 is 34.5 Å². The van der Waals surface area contributed by atoms with Crippen molar-refractivity contribution in [1.82, 2.24) is 0 Å². The number of anilines is 2. The van der Waals surface area contributed by atoms with Crippen molar-refractivity contribution in [3.8, 4) is 0 Å². The Hall–Kier alpha value is -2.20. The number of hydrogen-bond donors (Lipinski definition) is 1. The zero-order valence-electron chi connectivity index (χ0n) is 14.7. The van der Waals surface area contributed by atoms with Crippen LogP contribution in [0.3, 0.4) is 0 Å². The van der Waals surface area contributed by atoms with Crippen molar-refractivity contribution in [2.75, 3.05) is 10.2 Å². The van der Waals surface area contributed by atoms with E-state index in [-0.39, 0.29) is 5.54 Å². The highest BCUT2D eigenvalue weighted by Gasteiger charge is 2.50. The summed E-state index contributed by atoms with van der Waals surface area (Å²) in [5.74, 6) is 1.00. The molecule has 0 bridgehead atoms. The van der Waals surface area contributed by atoms with Gasteiger partial charge in [-0.2, -0.15) is 0 Å². The lowest BCUT2D eigenvalue weighted by Gasteiger charge is -2.37. The molecule has 2 aliphatic rings. The van der Waals surface area contributed by atoms with Gasteiger partial charge in [-0.15, -0.1) is 0 Å². The van der Waals surface area contributed by atoms with E-state index in [0.29, 0.717) is 5.11 Å². The summed E-state index contributed by atoms with van der Waals surface area (Å²) in [6.45, 7) is 4.22. The maximum atomic E-state index is 5.68. The number of nitrogens with zero attached hydrogens (tertiary/aromatic N) is 2. The summed E-state index contributed by atoms with van der Waals surface area (Å²) < 4.78 is 0. The fraction of sp³-hybridized carbons (Fsp3) is 0.333. The first kappa shape index (κ1) is 16.3. The summed E-state index contributed by atoms with van der Waals surface area (Å²) in [6.07, 6.45) is 4.58. The Morgan fingerprint density at radius 3 is 2.40 bits per heavy atom. The van der Waals surface area contributed by atoms with Crippen LogP contribution >= 0.6 is 12.2 Å². The summed E-state index contributed by atoms with van der Waals surface area (Å²) >= 11 is 5.68. The molecule has 128 valence electrons. The first-order chi connectivity index (χ1) is 12.1. The van der Waals surface area contributed by atoms with Crippen molar-refractivity contribution in [2.45, 2.75) is 45.1 Å². The third kappa shape index (κ3) is 2.85. The zero-order chi connectivity index (χ0) is 17.4. The summed E-state index contributed by atoms with van der Waals surface area (Å²) in [4.78, 5) is 7.06. The SMILES string of the molecule is Cc1ccc(N2C(=S)N=C(Nc3cccc(C)c3)C23CCCC3)cc1. The first-order valence-corrected chi connectivity index (χ1v) is 9.33. The van der Waals surface area contributed by atoms with Gasteiger partial charge in [-0.1, -0.05) is 42.7 Å². The van der Waals surface area contributed by atoms with Gasteiger partial charge in [-0.05, 0) is 68.7 Å². The number of benzene rings is 2. The Morgan fingerprint density at radius 2 is 1.72 bits per heavy atom. The van der Waals surface area contributed by atoms with Crippen LogP contribution in [0.2, 0.25) is 0 Å². The summed E-state index contributed by atoms with van der Waals surface area (Å²) in [6, 6.07) is 17.0. The van der Waals surface area contributed by atoms with E-state index in [9.17, 15) is 0 Å². The van der Waals surface area contributed by atoms with Crippen molar-refractivity contribution < 1.29 is 0 Å². The van der Waals surface area contributed by atoms with Gasteiger partial charge < -0.3 is 10.2 Å². The van der Waals surface area contributed by atoms with Crippen LogP contribution in [0.15, 0.2) is 53.5 Å². The lowest BCUT2D eigenvalue weighted by Crippen LogP contribution is -2.52. The minimum Gasteiger partial charge on any atom is -0.342 e. The first-order valence-electron chi connectivity index (χ1n) is 8.92. The number of rotatable bonds is 2. The molecule has 1 aliphatic carbocycles. The van der Waals surface area contributed by atoms with Crippen molar-refractivity contribution in [1.29, 1.82) is 0 Å². The Bertz CT molecular complexity index is 832.